The van der Waals surface area contributed by atoms with E-state index in [-0.39, 0.29) is 18.0 Å². The lowest BCUT2D eigenvalue weighted by Gasteiger charge is -2.20. The summed E-state index contributed by atoms with van der Waals surface area (Å²) in [4.78, 5) is 28.0. The Morgan fingerprint density at radius 1 is 1.18 bits per heavy atom. The molecule has 1 aromatic heterocycles. The van der Waals surface area contributed by atoms with Gasteiger partial charge in [0.2, 0.25) is 0 Å². The highest BCUT2D eigenvalue weighted by atomic mass is 16.5. The van der Waals surface area contributed by atoms with Gasteiger partial charge in [0, 0.05) is 35.6 Å². The van der Waals surface area contributed by atoms with Gasteiger partial charge in [-0.1, -0.05) is 12.1 Å². The van der Waals surface area contributed by atoms with E-state index < -0.39 is 5.97 Å². The third-order valence-electron chi connectivity index (χ3n) is 4.94. The molecule has 0 atom stereocenters. The van der Waals surface area contributed by atoms with Gasteiger partial charge in [0.05, 0.1) is 5.56 Å². The zero-order valence-corrected chi connectivity index (χ0v) is 15.2. The first kappa shape index (κ1) is 17.7. The van der Waals surface area contributed by atoms with Crippen LogP contribution in [0.25, 0.3) is 11.1 Å². The van der Waals surface area contributed by atoms with E-state index in [9.17, 15) is 14.7 Å². The molecule has 6 heteroatoms. The number of pyridine rings is 1. The van der Waals surface area contributed by atoms with Crippen LogP contribution >= 0.6 is 0 Å². The Morgan fingerprint density at radius 3 is 2.86 bits per heavy atom. The molecule has 0 spiro atoms. The molecule has 28 heavy (non-hydrogen) atoms. The second kappa shape index (κ2) is 7.15. The van der Waals surface area contributed by atoms with Gasteiger partial charge in [-0.15, -0.1) is 0 Å². The summed E-state index contributed by atoms with van der Waals surface area (Å²) in [6.07, 6.45) is 3.52. The Morgan fingerprint density at radius 2 is 2.04 bits per heavy atom. The van der Waals surface area contributed by atoms with E-state index in [2.05, 4.69) is 10.3 Å². The summed E-state index contributed by atoms with van der Waals surface area (Å²) in [5.41, 5.74) is 5.15. The average Bonchev–Trinajstić information content (AvgIpc) is 2.72. The molecule has 0 saturated heterocycles. The molecule has 0 radical (unpaired) electrons. The molecule has 1 aliphatic heterocycles. The lowest BCUT2D eigenvalue weighted by atomic mass is 9.97. The van der Waals surface area contributed by atoms with Gasteiger partial charge in [-0.3, -0.25) is 9.78 Å². The largest absolute Gasteiger partial charge is 0.488 e. The van der Waals surface area contributed by atoms with Gasteiger partial charge < -0.3 is 15.2 Å². The Bertz CT molecular complexity index is 1090. The molecule has 3 aromatic rings. The fourth-order valence-corrected chi connectivity index (χ4v) is 3.35. The van der Waals surface area contributed by atoms with E-state index in [0.717, 1.165) is 22.3 Å². The quantitative estimate of drug-likeness (QED) is 0.729. The first-order chi connectivity index (χ1) is 13.5. The molecular weight excluding hydrogens is 356 g/mol. The maximum atomic E-state index is 12.6. The molecule has 6 nitrogen and oxygen atoms in total. The van der Waals surface area contributed by atoms with Crippen LogP contribution in [0.3, 0.4) is 0 Å². The SMILES string of the molecule is Cc1c(CNC(=O)c2ccc3c(c2)OCc2cnccc2-3)cccc1C(=O)O. The van der Waals surface area contributed by atoms with Crippen LogP contribution in [0.15, 0.2) is 54.9 Å². The molecule has 0 bridgehead atoms. The molecule has 0 saturated carbocycles. The minimum absolute atomic E-state index is 0.238. The molecule has 2 heterocycles. The van der Waals surface area contributed by atoms with Crippen molar-refractivity contribution in [3.8, 4) is 16.9 Å². The fourth-order valence-electron chi connectivity index (χ4n) is 3.35. The zero-order chi connectivity index (χ0) is 19.7. The number of fused-ring (bicyclic) bond motifs is 3. The topological polar surface area (TPSA) is 88.5 Å². The van der Waals surface area contributed by atoms with Gasteiger partial charge in [0.25, 0.3) is 5.91 Å². The van der Waals surface area contributed by atoms with Crippen molar-refractivity contribution in [3.05, 3.63) is 82.7 Å². The number of carbonyl (C=O) groups is 2. The van der Waals surface area contributed by atoms with Crippen molar-refractivity contribution < 1.29 is 19.4 Å². The van der Waals surface area contributed by atoms with Crippen molar-refractivity contribution in [1.29, 1.82) is 0 Å². The molecule has 1 aliphatic rings. The number of amides is 1. The summed E-state index contributed by atoms with van der Waals surface area (Å²) in [5, 5.41) is 12.1. The highest BCUT2D eigenvalue weighted by Crippen LogP contribution is 2.37. The van der Waals surface area contributed by atoms with E-state index in [1.54, 1.807) is 43.6 Å². The summed E-state index contributed by atoms with van der Waals surface area (Å²) in [6.45, 7) is 2.41. The van der Waals surface area contributed by atoms with Crippen LogP contribution in [-0.4, -0.2) is 22.0 Å². The molecule has 4 rings (SSSR count). The number of aromatic nitrogens is 1. The van der Waals surface area contributed by atoms with Gasteiger partial charge in [0.1, 0.15) is 12.4 Å². The predicted octanol–water partition coefficient (Wildman–Crippen LogP) is 3.58. The molecular formula is C22H18N2O4. The smallest absolute Gasteiger partial charge is 0.335 e. The highest BCUT2D eigenvalue weighted by Gasteiger charge is 2.19. The van der Waals surface area contributed by atoms with Crippen molar-refractivity contribution >= 4 is 11.9 Å². The van der Waals surface area contributed by atoms with Gasteiger partial charge in [-0.2, -0.15) is 0 Å². The van der Waals surface area contributed by atoms with E-state index in [4.69, 9.17) is 4.74 Å². The molecule has 0 aliphatic carbocycles. The summed E-state index contributed by atoms with van der Waals surface area (Å²) < 4.78 is 5.78. The summed E-state index contributed by atoms with van der Waals surface area (Å²) in [6, 6.07) is 12.3. The second-order valence-electron chi connectivity index (χ2n) is 6.61. The van der Waals surface area contributed by atoms with Gasteiger partial charge >= 0.3 is 5.97 Å². The Labute approximate surface area is 161 Å². The number of nitrogens with zero attached hydrogens (tertiary/aromatic N) is 1. The molecule has 0 fully saturated rings. The number of aromatic carboxylic acids is 1. The van der Waals surface area contributed by atoms with E-state index >= 15 is 0 Å². The summed E-state index contributed by atoms with van der Waals surface area (Å²) in [5.74, 6) is -0.560. The molecule has 0 unspecified atom stereocenters. The molecule has 2 N–H and O–H groups in total. The fraction of sp³-hybridized carbons (Fsp3) is 0.136. The number of hydrogen-bond acceptors (Lipinski definition) is 4. The third kappa shape index (κ3) is 3.20. The number of ether oxygens (including phenoxy) is 1. The maximum Gasteiger partial charge on any atom is 0.335 e. The number of hydrogen-bond donors (Lipinski definition) is 2. The van der Waals surface area contributed by atoms with Crippen LogP contribution in [0.2, 0.25) is 0 Å². The second-order valence-corrected chi connectivity index (χ2v) is 6.61. The van der Waals surface area contributed by atoms with E-state index in [0.29, 0.717) is 23.5 Å². The Hall–Kier alpha value is -3.67. The van der Waals surface area contributed by atoms with Crippen LogP contribution < -0.4 is 10.1 Å². The van der Waals surface area contributed by atoms with Crippen molar-refractivity contribution in [3.63, 3.8) is 0 Å². The predicted molar refractivity (Wildman–Crippen MR) is 103 cm³/mol. The van der Waals surface area contributed by atoms with Crippen molar-refractivity contribution in [2.45, 2.75) is 20.1 Å². The first-order valence-electron chi connectivity index (χ1n) is 8.84. The first-order valence-corrected chi connectivity index (χ1v) is 8.84. The molecule has 2 aromatic carbocycles. The maximum absolute atomic E-state index is 12.6. The Kier molecular flexibility index (Phi) is 4.53. The monoisotopic (exact) mass is 374 g/mol. The highest BCUT2D eigenvalue weighted by molar-refractivity contribution is 5.96. The van der Waals surface area contributed by atoms with Crippen molar-refractivity contribution in [2.75, 3.05) is 0 Å². The minimum Gasteiger partial charge on any atom is -0.488 e. The van der Waals surface area contributed by atoms with Crippen LogP contribution in [0.5, 0.6) is 5.75 Å². The van der Waals surface area contributed by atoms with E-state index in [1.165, 1.54) is 0 Å². The van der Waals surface area contributed by atoms with Crippen molar-refractivity contribution in [1.82, 2.24) is 10.3 Å². The van der Waals surface area contributed by atoms with Crippen LogP contribution in [0, 0.1) is 6.92 Å². The van der Waals surface area contributed by atoms with Crippen LogP contribution in [0.1, 0.15) is 37.4 Å². The number of nitrogens with one attached hydrogen (secondary N) is 1. The zero-order valence-electron chi connectivity index (χ0n) is 15.2. The Balaban J connectivity index is 1.53. The number of carbonyl (C=O) groups excluding carboxylic acids is 1. The van der Waals surface area contributed by atoms with Gasteiger partial charge in [-0.25, -0.2) is 4.79 Å². The summed E-state index contributed by atoms with van der Waals surface area (Å²) in [7, 11) is 0. The standard InChI is InChI=1S/C22H18N2O4/c1-13-15(3-2-4-17(13)22(26)27)11-24-21(25)14-5-6-19-18-7-8-23-10-16(18)12-28-20(19)9-14/h2-10H,11-12H2,1H3,(H,24,25)(H,26,27). The third-order valence-corrected chi connectivity index (χ3v) is 4.94. The number of rotatable bonds is 4. The normalized spacial score (nSPS) is 11.8. The number of benzene rings is 2. The molecule has 1 amide bonds. The lowest BCUT2D eigenvalue weighted by Crippen LogP contribution is -2.23. The average molecular weight is 374 g/mol. The van der Waals surface area contributed by atoms with E-state index in [1.807, 2.05) is 18.2 Å². The van der Waals surface area contributed by atoms with Gasteiger partial charge in [0.15, 0.2) is 0 Å². The lowest BCUT2D eigenvalue weighted by molar-refractivity contribution is 0.0696. The van der Waals surface area contributed by atoms with Crippen LogP contribution in [-0.2, 0) is 13.2 Å². The van der Waals surface area contributed by atoms with Gasteiger partial charge in [-0.05, 0) is 53.9 Å². The minimum atomic E-state index is -0.979. The molecule has 140 valence electrons. The van der Waals surface area contributed by atoms with Crippen LogP contribution in [0.4, 0.5) is 0 Å². The van der Waals surface area contributed by atoms with Crippen molar-refractivity contribution in [2.24, 2.45) is 0 Å². The summed E-state index contributed by atoms with van der Waals surface area (Å²) >= 11 is 0. The number of carboxylic acids is 1. The number of carboxylic acid groups (broad SMARTS) is 1.